The Bertz CT molecular complexity index is 662. The fraction of sp³-hybridized carbons (Fsp3) is 0.154. The third-order valence-corrected chi connectivity index (χ3v) is 3.77. The van der Waals surface area contributed by atoms with Gasteiger partial charge >= 0.3 is 0 Å². The Morgan fingerprint density at radius 2 is 2.05 bits per heavy atom. The van der Waals surface area contributed by atoms with Gasteiger partial charge in [-0.1, -0.05) is 12.1 Å². The Labute approximate surface area is 114 Å². The molecule has 3 aromatic rings. The van der Waals surface area contributed by atoms with Gasteiger partial charge in [0.2, 0.25) is 0 Å². The minimum absolute atomic E-state index is 0.0217. The highest BCUT2D eigenvalue weighted by Crippen LogP contribution is 2.24. The number of aromatic nitrogens is 3. The zero-order chi connectivity index (χ0) is 13.1. The van der Waals surface area contributed by atoms with Gasteiger partial charge < -0.3 is 0 Å². The maximum atomic E-state index is 5.69. The highest BCUT2D eigenvalue weighted by atomic mass is 32.1. The minimum atomic E-state index is -0.0217. The third-order valence-electron chi connectivity index (χ3n) is 2.97. The van der Waals surface area contributed by atoms with Crippen LogP contribution in [0.1, 0.15) is 16.6 Å². The predicted molar refractivity (Wildman–Crippen MR) is 75.4 cm³/mol. The summed E-state index contributed by atoms with van der Waals surface area (Å²) in [6.45, 7) is 0. The van der Waals surface area contributed by atoms with E-state index in [2.05, 4.69) is 20.4 Å². The van der Waals surface area contributed by atoms with E-state index < -0.39 is 0 Å². The first kappa shape index (κ1) is 12.2. The number of para-hydroxylation sites is 1. The molecule has 2 aromatic heterocycles. The first-order valence-electron chi connectivity index (χ1n) is 5.92. The molecular weight excluding hydrogens is 258 g/mol. The summed E-state index contributed by atoms with van der Waals surface area (Å²) in [5.41, 5.74) is 5.65. The summed E-state index contributed by atoms with van der Waals surface area (Å²) in [7, 11) is 0. The molecule has 0 saturated carbocycles. The second kappa shape index (κ2) is 5.40. The van der Waals surface area contributed by atoms with Crippen molar-refractivity contribution in [3.8, 4) is 0 Å². The molecule has 0 saturated heterocycles. The molecule has 0 aliphatic heterocycles. The fourth-order valence-electron chi connectivity index (χ4n) is 2.08. The van der Waals surface area contributed by atoms with Crippen molar-refractivity contribution in [3.05, 3.63) is 52.7 Å². The molecule has 0 fully saturated rings. The van der Waals surface area contributed by atoms with Gasteiger partial charge in [0.15, 0.2) is 0 Å². The van der Waals surface area contributed by atoms with E-state index >= 15 is 0 Å². The lowest BCUT2D eigenvalue weighted by atomic mass is 10.0. The molecular formula is C13H13N5S. The molecule has 0 bridgehead atoms. The van der Waals surface area contributed by atoms with Crippen LogP contribution < -0.4 is 11.3 Å². The maximum Gasteiger partial charge on any atom is 0.0944 e. The molecule has 0 aliphatic rings. The second-order valence-corrected chi connectivity index (χ2v) is 5.10. The lowest BCUT2D eigenvalue weighted by Gasteiger charge is -2.16. The number of nitrogens with zero attached hydrogens (tertiary/aromatic N) is 3. The van der Waals surface area contributed by atoms with Gasteiger partial charge in [-0.05, 0) is 11.6 Å². The van der Waals surface area contributed by atoms with Crippen molar-refractivity contribution in [2.45, 2.75) is 12.5 Å². The molecule has 5 nitrogen and oxygen atoms in total. The molecule has 1 atom stereocenters. The van der Waals surface area contributed by atoms with Crippen LogP contribution in [-0.2, 0) is 6.42 Å². The number of hydrogen-bond acceptors (Lipinski definition) is 6. The van der Waals surface area contributed by atoms with Gasteiger partial charge in [0.1, 0.15) is 0 Å². The predicted octanol–water partition coefficient (Wildman–Crippen LogP) is 1.83. The largest absolute Gasteiger partial charge is 0.271 e. The summed E-state index contributed by atoms with van der Waals surface area (Å²) in [5, 5.41) is 3.01. The maximum absolute atomic E-state index is 5.69. The minimum Gasteiger partial charge on any atom is -0.271 e. The van der Waals surface area contributed by atoms with Gasteiger partial charge in [-0.25, -0.2) is 4.98 Å². The highest BCUT2D eigenvalue weighted by molar-refractivity contribution is 7.09. The van der Waals surface area contributed by atoms with Gasteiger partial charge in [-0.3, -0.25) is 21.2 Å². The molecule has 0 spiro atoms. The van der Waals surface area contributed by atoms with Crippen LogP contribution in [0.2, 0.25) is 0 Å². The van der Waals surface area contributed by atoms with E-state index in [0.29, 0.717) is 0 Å². The van der Waals surface area contributed by atoms with E-state index in [-0.39, 0.29) is 6.04 Å². The third kappa shape index (κ3) is 2.46. The molecule has 96 valence electrons. The van der Waals surface area contributed by atoms with E-state index in [0.717, 1.165) is 28.0 Å². The van der Waals surface area contributed by atoms with Gasteiger partial charge in [0.05, 0.1) is 22.1 Å². The zero-order valence-electron chi connectivity index (χ0n) is 10.2. The highest BCUT2D eigenvalue weighted by Gasteiger charge is 2.15. The van der Waals surface area contributed by atoms with Gasteiger partial charge in [-0.15, -0.1) is 11.3 Å². The van der Waals surface area contributed by atoms with Crippen LogP contribution >= 0.6 is 11.3 Å². The first-order valence-corrected chi connectivity index (χ1v) is 6.80. The van der Waals surface area contributed by atoms with Crippen LogP contribution in [0.4, 0.5) is 0 Å². The summed E-state index contributed by atoms with van der Waals surface area (Å²) in [6.07, 6.45) is 5.93. The standard InChI is InChI=1S/C13H13N5S/c14-18-11(8-12-16-6-7-19-12)9-2-1-3-10-13(9)17-5-4-15-10/h1-7,11,18H,8,14H2. The van der Waals surface area contributed by atoms with E-state index in [1.54, 1.807) is 29.9 Å². The normalized spacial score (nSPS) is 12.7. The molecule has 3 rings (SSSR count). The van der Waals surface area contributed by atoms with Crippen LogP contribution in [0.5, 0.6) is 0 Å². The van der Waals surface area contributed by atoms with Gasteiger partial charge in [0.25, 0.3) is 0 Å². The first-order chi connectivity index (χ1) is 9.38. The number of hydrogen-bond donors (Lipinski definition) is 2. The molecule has 0 amide bonds. The van der Waals surface area contributed by atoms with E-state index in [1.165, 1.54) is 0 Å². The smallest absolute Gasteiger partial charge is 0.0944 e. The summed E-state index contributed by atoms with van der Waals surface area (Å²) in [4.78, 5) is 13.0. The van der Waals surface area contributed by atoms with Crippen molar-refractivity contribution < 1.29 is 0 Å². The summed E-state index contributed by atoms with van der Waals surface area (Å²) in [5.74, 6) is 5.69. The summed E-state index contributed by atoms with van der Waals surface area (Å²) >= 11 is 1.62. The van der Waals surface area contributed by atoms with Crippen molar-refractivity contribution in [2.24, 2.45) is 5.84 Å². The van der Waals surface area contributed by atoms with Gasteiger partial charge in [0, 0.05) is 30.4 Å². The Morgan fingerprint density at radius 3 is 2.84 bits per heavy atom. The number of fused-ring (bicyclic) bond motifs is 1. The Morgan fingerprint density at radius 1 is 1.16 bits per heavy atom. The number of benzene rings is 1. The van der Waals surface area contributed by atoms with Crippen LogP contribution in [0.3, 0.4) is 0 Å². The number of thiazole rings is 1. The fourth-order valence-corrected chi connectivity index (χ4v) is 2.75. The molecule has 6 heteroatoms. The zero-order valence-corrected chi connectivity index (χ0v) is 11.0. The Hall–Kier alpha value is -1.89. The van der Waals surface area contributed by atoms with Crippen LogP contribution in [0.15, 0.2) is 42.2 Å². The van der Waals surface area contributed by atoms with Crippen molar-refractivity contribution in [1.82, 2.24) is 20.4 Å². The van der Waals surface area contributed by atoms with E-state index in [9.17, 15) is 0 Å². The van der Waals surface area contributed by atoms with Crippen molar-refractivity contribution >= 4 is 22.4 Å². The molecule has 1 unspecified atom stereocenters. The lowest BCUT2D eigenvalue weighted by Crippen LogP contribution is -2.29. The molecule has 19 heavy (non-hydrogen) atoms. The Balaban J connectivity index is 2.01. The van der Waals surface area contributed by atoms with Crippen LogP contribution in [0.25, 0.3) is 11.0 Å². The summed E-state index contributed by atoms with van der Waals surface area (Å²) < 4.78 is 0. The monoisotopic (exact) mass is 271 g/mol. The number of nitrogens with one attached hydrogen (secondary N) is 1. The molecule has 2 heterocycles. The second-order valence-electron chi connectivity index (χ2n) is 4.12. The quantitative estimate of drug-likeness (QED) is 0.559. The molecule has 0 radical (unpaired) electrons. The van der Waals surface area contributed by atoms with Crippen molar-refractivity contribution in [3.63, 3.8) is 0 Å². The van der Waals surface area contributed by atoms with E-state index in [1.807, 2.05) is 23.6 Å². The topological polar surface area (TPSA) is 76.7 Å². The molecule has 0 aliphatic carbocycles. The van der Waals surface area contributed by atoms with E-state index in [4.69, 9.17) is 5.84 Å². The molecule has 3 N–H and O–H groups in total. The number of hydrazine groups is 1. The van der Waals surface area contributed by atoms with Crippen LogP contribution in [0, 0.1) is 0 Å². The molecule has 1 aromatic carbocycles. The number of rotatable bonds is 4. The number of nitrogens with two attached hydrogens (primary N) is 1. The van der Waals surface area contributed by atoms with Crippen molar-refractivity contribution in [1.29, 1.82) is 0 Å². The Kier molecular flexibility index (Phi) is 3.45. The lowest BCUT2D eigenvalue weighted by molar-refractivity contribution is 0.553. The van der Waals surface area contributed by atoms with Crippen molar-refractivity contribution in [2.75, 3.05) is 0 Å². The van der Waals surface area contributed by atoms with Crippen LogP contribution in [-0.4, -0.2) is 15.0 Å². The summed E-state index contributed by atoms with van der Waals surface area (Å²) in [6, 6.07) is 5.92. The van der Waals surface area contributed by atoms with Gasteiger partial charge in [-0.2, -0.15) is 0 Å². The SMILES string of the molecule is NNC(Cc1nccs1)c1cccc2nccnc12. The average Bonchev–Trinajstić information content (AvgIpc) is 2.97. The average molecular weight is 271 g/mol.